The molecule has 0 bridgehead atoms. The first kappa shape index (κ1) is 13.2. The van der Waals surface area contributed by atoms with Crippen molar-refractivity contribution < 1.29 is 13.5 Å². The standard InChI is InChI=1S/C13H18F2N2O/c1-18-13-6-11(14)9(5-12(13)15)7-16-8-10-3-2-4-17-10/h5-6,10,16-17H,2-4,7-8H2,1H3. The van der Waals surface area contributed by atoms with Crippen molar-refractivity contribution in [1.29, 1.82) is 0 Å². The summed E-state index contributed by atoms with van der Waals surface area (Å²) in [5, 5.41) is 6.48. The molecule has 1 saturated heterocycles. The van der Waals surface area contributed by atoms with Crippen LogP contribution in [-0.2, 0) is 6.54 Å². The highest BCUT2D eigenvalue weighted by atomic mass is 19.1. The van der Waals surface area contributed by atoms with Gasteiger partial charge in [0.15, 0.2) is 11.6 Å². The monoisotopic (exact) mass is 256 g/mol. The third kappa shape index (κ3) is 3.17. The number of hydrogen-bond donors (Lipinski definition) is 2. The van der Waals surface area contributed by atoms with Gasteiger partial charge in [0.1, 0.15) is 5.82 Å². The molecule has 0 spiro atoms. The number of hydrogen-bond acceptors (Lipinski definition) is 3. The molecule has 3 nitrogen and oxygen atoms in total. The molecule has 100 valence electrons. The minimum absolute atomic E-state index is 0.0614. The van der Waals surface area contributed by atoms with Gasteiger partial charge in [-0.15, -0.1) is 0 Å². The molecule has 18 heavy (non-hydrogen) atoms. The van der Waals surface area contributed by atoms with Crippen molar-refractivity contribution in [2.75, 3.05) is 20.2 Å². The Bertz CT molecular complexity index is 406. The van der Waals surface area contributed by atoms with E-state index in [1.165, 1.54) is 19.6 Å². The normalized spacial score (nSPS) is 19.2. The average molecular weight is 256 g/mol. The highest BCUT2D eigenvalue weighted by Gasteiger charge is 2.14. The molecule has 0 aliphatic carbocycles. The van der Waals surface area contributed by atoms with Gasteiger partial charge in [0.25, 0.3) is 0 Å². The molecule has 1 aromatic carbocycles. The van der Waals surface area contributed by atoms with E-state index in [1.807, 2.05) is 0 Å². The van der Waals surface area contributed by atoms with Gasteiger partial charge in [-0.2, -0.15) is 0 Å². The van der Waals surface area contributed by atoms with Gasteiger partial charge in [-0.25, -0.2) is 8.78 Å². The third-order valence-electron chi connectivity index (χ3n) is 3.19. The average Bonchev–Trinajstić information content (AvgIpc) is 2.86. The Morgan fingerprint density at radius 2 is 2.22 bits per heavy atom. The van der Waals surface area contributed by atoms with E-state index in [9.17, 15) is 8.78 Å². The van der Waals surface area contributed by atoms with Crippen LogP contribution in [0.1, 0.15) is 18.4 Å². The van der Waals surface area contributed by atoms with Gasteiger partial charge in [-0.1, -0.05) is 0 Å². The molecule has 1 aromatic rings. The Morgan fingerprint density at radius 3 is 2.89 bits per heavy atom. The van der Waals surface area contributed by atoms with Gasteiger partial charge < -0.3 is 15.4 Å². The van der Waals surface area contributed by atoms with E-state index in [0.29, 0.717) is 18.2 Å². The molecule has 1 aliphatic rings. The Balaban J connectivity index is 1.90. The highest BCUT2D eigenvalue weighted by Crippen LogP contribution is 2.21. The second-order valence-corrected chi connectivity index (χ2v) is 4.50. The smallest absolute Gasteiger partial charge is 0.165 e. The van der Waals surface area contributed by atoms with E-state index < -0.39 is 11.6 Å². The van der Waals surface area contributed by atoms with Crippen LogP contribution in [0.25, 0.3) is 0 Å². The summed E-state index contributed by atoms with van der Waals surface area (Å²) in [5.41, 5.74) is 0.325. The van der Waals surface area contributed by atoms with E-state index >= 15 is 0 Å². The number of benzene rings is 1. The van der Waals surface area contributed by atoms with Crippen LogP contribution < -0.4 is 15.4 Å². The fraction of sp³-hybridized carbons (Fsp3) is 0.538. The molecule has 0 radical (unpaired) electrons. The minimum atomic E-state index is -0.533. The molecular weight excluding hydrogens is 238 g/mol. The van der Waals surface area contributed by atoms with Crippen LogP contribution >= 0.6 is 0 Å². The molecular formula is C13H18F2N2O. The fourth-order valence-electron chi connectivity index (χ4n) is 2.17. The molecule has 0 saturated carbocycles. The molecule has 0 amide bonds. The van der Waals surface area contributed by atoms with Crippen molar-refractivity contribution in [1.82, 2.24) is 10.6 Å². The molecule has 1 heterocycles. The molecule has 1 fully saturated rings. The first-order chi connectivity index (χ1) is 8.70. The number of methoxy groups -OCH3 is 1. The van der Waals surface area contributed by atoms with E-state index in [-0.39, 0.29) is 5.75 Å². The van der Waals surface area contributed by atoms with Crippen molar-refractivity contribution in [2.24, 2.45) is 0 Å². The van der Waals surface area contributed by atoms with Gasteiger partial charge in [0, 0.05) is 30.8 Å². The van der Waals surface area contributed by atoms with Crippen molar-refractivity contribution >= 4 is 0 Å². The number of nitrogens with one attached hydrogen (secondary N) is 2. The second kappa shape index (κ2) is 6.11. The molecule has 2 N–H and O–H groups in total. The van der Waals surface area contributed by atoms with Gasteiger partial charge in [-0.05, 0) is 25.5 Å². The summed E-state index contributed by atoms with van der Waals surface area (Å²) in [7, 11) is 1.32. The predicted molar refractivity (Wildman–Crippen MR) is 65.6 cm³/mol. The zero-order chi connectivity index (χ0) is 13.0. The number of ether oxygens (including phenoxy) is 1. The largest absolute Gasteiger partial charge is 0.494 e. The topological polar surface area (TPSA) is 33.3 Å². The quantitative estimate of drug-likeness (QED) is 0.843. The van der Waals surface area contributed by atoms with Gasteiger partial charge >= 0.3 is 0 Å². The lowest BCUT2D eigenvalue weighted by Crippen LogP contribution is -2.33. The summed E-state index contributed by atoms with van der Waals surface area (Å²) in [6, 6.07) is 2.71. The number of rotatable bonds is 5. The van der Waals surface area contributed by atoms with Gasteiger partial charge in [-0.3, -0.25) is 0 Å². The lowest BCUT2D eigenvalue weighted by molar-refractivity contribution is 0.381. The lowest BCUT2D eigenvalue weighted by Gasteiger charge is -2.12. The summed E-state index contributed by atoms with van der Waals surface area (Å²) < 4.78 is 31.8. The molecule has 0 aromatic heterocycles. The van der Waals surface area contributed by atoms with Gasteiger partial charge in [0.2, 0.25) is 0 Å². The Labute approximate surface area is 106 Å². The van der Waals surface area contributed by atoms with Crippen LogP contribution in [0.4, 0.5) is 8.78 Å². The maximum atomic E-state index is 13.6. The van der Waals surface area contributed by atoms with Crippen molar-refractivity contribution in [3.63, 3.8) is 0 Å². The molecule has 2 rings (SSSR count). The van der Waals surface area contributed by atoms with Gasteiger partial charge in [0.05, 0.1) is 7.11 Å². The number of halogens is 2. The second-order valence-electron chi connectivity index (χ2n) is 4.50. The first-order valence-corrected chi connectivity index (χ1v) is 6.16. The van der Waals surface area contributed by atoms with Crippen molar-refractivity contribution in [2.45, 2.75) is 25.4 Å². The maximum Gasteiger partial charge on any atom is 0.165 e. The predicted octanol–water partition coefficient (Wildman–Crippen LogP) is 1.81. The molecule has 1 aliphatic heterocycles. The Kier molecular flexibility index (Phi) is 4.49. The lowest BCUT2D eigenvalue weighted by atomic mass is 10.1. The highest BCUT2D eigenvalue weighted by molar-refractivity contribution is 5.30. The van der Waals surface area contributed by atoms with Crippen LogP contribution in [-0.4, -0.2) is 26.2 Å². The fourth-order valence-corrected chi connectivity index (χ4v) is 2.17. The maximum absolute atomic E-state index is 13.6. The van der Waals surface area contributed by atoms with E-state index in [1.54, 1.807) is 0 Å². The van der Waals surface area contributed by atoms with Crippen LogP contribution in [0, 0.1) is 11.6 Å². The molecule has 1 atom stereocenters. The summed E-state index contributed by atoms with van der Waals surface area (Å²) in [6.45, 7) is 2.13. The van der Waals surface area contributed by atoms with Crippen molar-refractivity contribution in [3.05, 3.63) is 29.3 Å². The van der Waals surface area contributed by atoms with Crippen LogP contribution in [0.2, 0.25) is 0 Å². The SMILES string of the molecule is COc1cc(F)c(CNCC2CCCN2)cc1F. The zero-order valence-corrected chi connectivity index (χ0v) is 10.4. The Morgan fingerprint density at radius 1 is 1.39 bits per heavy atom. The van der Waals surface area contributed by atoms with E-state index in [2.05, 4.69) is 10.6 Å². The summed E-state index contributed by atoms with van der Waals surface area (Å²) >= 11 is 0. The third-order valence-corrected chi connectivity index (χ3v) is 3.19. The van der Waals surface area contributed by atoms with E-state index in [0.717, 1.165) is 25.6 Å². The van der Waals surface area contributed by atoms with Crippen LogP contribution in [0.15, 0.2) is 12.1 Å². The zero-order valence-electron chi connectivity index (χ0n) is 10.4. The molecule has 1 unspecified atom stereocenters. The summed E-state index contributed by atoms with van der Waals surface area (Å²) in [5.74, 6) is -1.04. The first-order valence-electron chi connectivity index (χ1n) is 6.16. The van der Waals surface area contributed by atoms with Crippen LogP contribution in [0.5, 0.6) is 5.75 Å². The minimum Gasteiger partial charge on any atom is -0.494 e. The van der Waals surface area contributed by atoms with Crippen molar-refractivity contribution in [3.8, 4) is 5.75 Å². The molecule has 5 heteroatoms. The summed E-state index contributed by atoms with van der Waals surface area (Å²) in [6.07, 6.45) is 2.31. The summed E-state index contributed by atoms with van der Waals surface area (Å²) in [4.78, 5) is 0. The Hall–Kier alpha value is -1.20. The van der Waals surface area contributed by atoms with E-state index in [4.69, 9.17) is 4.74 Å². The van der Waals surface area contributed by atoms with Crippen LogP contribution in [0.3, 0.4) is 0 Å².